The Kier molecular flexibility index (Phi) is 4.50. The molecular formula is C19H24N4O3. The minimum absolute atomic E-state index is 0.118. The van der Waals surface area contributed by atoms with E-state index in [4.69, 9.17) is 0 Å². The Morgan fingerprint density at radius 3 is 2.85 bits per heavy atom. The SMILES string of the molecule is CC1CC(NCc2cccc3c2CN(C2CCC(=O)NC2=O)C3=O)CN1. The van der Waals surface area contributed by atoms with Crippen LogP contribution in [-0.4, -0.2) is 47.3 Å². The second-order valence-electron chi connectivity index (χ2n) is 7.47. The highest BCUT2D eigenvalue weighted by molar-refractivity contribution is 6.05. The molecule has 0 spiro atoms. The predicted molar refractivity (Wildman–Crippen MR) is 95.2 cm³/mol. The molecule has 26 heavy (non-hydrogen) atoms. The third-order valence-electron chi connectivity index (χ3n) is 5.61. The Morgan fingerprint density at radius 2 is 2.12 bits per heavy atom. The van der Waals surface area contributed by atoms with Gasteiger partial charge in [0.05, 0.1) is 0 Å². The lowest BCUT2D eigenvalue weighted by molar-refractivity contribution is -0.136. The highest BCUT2D eigenvalue weighted by atomic mass is 16.2. The molecule has 3 amide bonds. The molecule has 3 unspecified atom stereocenters. The van der Waals surface area contributed by atoms with Crippen molar-refractivity contribution in [2.45, 2.75) is 57.4 Å². The zero-order chi connectivity index (χ0) is 18.3. The molecule has 3 N–H and O–H groups in total. The number of benzene rings is 1. The number of carbonyl (C=O) groups excluding carboxylic acids is 3. The summed E-state index contributed by atoms with van der Waals surface area (Å²) in [6.45, 7) is 4.27. The minimum Gasteiger partial charge on any atom is -0.322 e. The fraction of sp³-hybridized carbons (Fsp3) is 0.526. The van der Waals surface area contributed by atoms with Crippen molar-refractivity contribution < 1.29 is 14.4 Å². The number of hydrogen-bond acceptors (Lipinski definition) is 5. The van der Waals surface area contributed by atoms with Gasteiger partial charge in [-0.15, -0.1) is 0 Å². The fourth-order valence-electron chi connectivity index (χ4n) is 4.16. The van der Waals surface area contributed by atoms with Gasteiger partial charge in [-0.2, -0.15) is 0 Å². The van der Waals surface area contributed by atoms with Gasteiger partial charge >= 0.3 is 0 Å². The standard InChI is InChI=1S/C19H24N4O3/c1-11-7-13(9-20-11)21-8-12-3-2-4-14-15(12)10-23(19(14)26)16-5-6-17(24)22-18(16)25/h2-4,11,13,16,20-21H,5-10H2,1H3,(H,22,24,25). The van der Waals surface area contributed by atoms with E-state index in [0.717, 1.165) is 24.1 Å². The van der Waals surface area contributed by atoms with Crippen LogP contribution in [0.25, 0.3) is 0 Å². The number of nitrogens with one attached hydrogen (secondary N) is 3. The van der Waals surface area contributed by atoms with Crippen molar-refractivity contribution in [1.29, 1.82) is 0 Å². The molecule has 0 saturated carbocycles. The zero-order valence-corrected chi connectivity index (χ0v) is 14.9. The Hall–Kier alpha value is -2.25. The van der Waals surface area contributed by atoms with Gasteiger partial charge in [0.25, 0.3) is 5.91 Å². The topological polar surface area (TPSA) is 90.5 Å². The number of rotatable bonds is 4. The molecule has 7 heteroatoms. The lowest BCUT2D eigenvalue weighted by atomic mass is 10.0. The first-order valence-electron chi connectivity index (χ1n) is 9.25. The summed E-state index contributed by atoms with van der Waals surface area (Å²) in [5, 5.41) is 9.34. The van der Waals surface area contributed by atoms with Crippen molar-refractivity contribution in [3.05, 3.63) is 34.9 Å². The number of fused-ring (bicyclic) bond motifs is 1. The lowest BCUT2D eigenvalue weighted by Crippen LogP contribution is -2.52. The molecule has 0 aliphatic carbocycles. The summed E-state index contributed by atoms with van der Waals surface area (Å²) in [6.07, 6.45) is 1.76. The number of amides is 3. The highest BCUT2D eigenvalue weighted by Crippen LogP contribution is 2.29. The van der Waals surface area contributed by atoms with E-state index in [9.17, 15) is 14.4 Å². The highest BCUT2D eigenvalue weighted by Gasteiger charge is 2.39. The molecule has 7 nitrogen and oxygen atoms in total. The molecule has 138 valence electrons. The van der Waals surface area contributed by atoms with Crippen LogP contribution >= 0.6 is 0 Å². The third-order valence-corrected chi connectivity index (χ3v) is 5.61. The molecule has 4 rings (SSSR count). The predicted octanol–water partition coefficient (Wildman–Crippen LogP) is 0.288. The van der Waals surface area contributed by atoms with Crippen molar-refractivity contribution in [2.75, 3.05) is 6.54 Å². The molecule has 1 aromatic carbocycles. The molecule has 1 aromatic rings. The number of carbonyl (C=O) groups is 3. The minimum atomic E-state index is -0.562. The van der Waals surface area contributed by atoms with E-state index < -0.39 is 6.04 Å². The number of imide groups is 1. The normalized spacial score (nSPS) is 28.4. The van der Waals surface area contributed by atoms with Gasteiger partial charge in [-0.3, -0.25) is 19.7 Å². The van der Waals surface area contributed by atoms with Crippen molar-refractivity contribution in [3.8, 4) is 0 Å². The maximum absolute atomic E-state index is 12.8. The lowest BCUT2D eigenvalue weighted by Gasteiger charge is -2.29. The number of hydrogen-bond donors (Lipinski definition) is 3. The van der Waals surface area contributed by atoms with Crippen LogP contribution in [0.2, 0.25) is 0 Å². The summed E-state index contributed by atoms with van der Waals surface area (Å²) >= 11 is 0. The average Bonchev–Trinajstić information content (AvgIpc) is 3.17. The van der Waals surface area contributed by atoms with Gasteiger partial charge in [0.15, 0.2) is 0 Å². The monoisotopic (exact) mass is 356 g/mol. The second kappa shape index (κ2) is 6.81. The van der Waals surface area contributed by atoms with Gasteiger partial charge in [-0.1, -0.05) is 12.1 Å². The molecule has 0 aromatic heterocycles. The Labute approximate surface area is 152 Å². The molecule has 3 aliphatic heterocycles. The summed E-state index contributed by atoms with van der Waals surface area (Å²) < 4.78 is 0. The first-order valence-corrected chi connectivity index (χ1v) is 9.25. The van der Waals surface area contributed by atoms with Crippen molar-refractivity contribution in [2.24, 2.45) is 0 Å². The van der Waals surface area contributed by atoms with Gasteiger partial charge in [0.1, 0.15) is 6.04 Å². The van der Waals surface area contributed by atoms with Crippen LogP contribution in [0.5, 0.6) is 0 Å². The first kappa shape index (κ1) is 17.2. The van der Waals surface area contributed by atoms with E-state index in [0.29, 0.717) is 37.2 Å². The number of nitrogens with zero attached hydrogens (tertiary/aromatic N) is 1. The average molecular weight is 356 g/mol. The Bertz CT molecular complexity index is 763. The van der Waals surface area contributed by atoms with Crippen LogP contribution in [0.15, 0.2) is 18.2 Å². The van der Waals surface area contributed by atoms with Gasteiger partial charge in [0, 0.05) is 43.7 Å². The maximum atomic E-state index is 12.8. The van der Waals surface area contributed by atoms with Crippen molar-refractivity contribution in [1.82, 2.24) is 20.9 Å². The van der Waals surface area contributed by atoms with E-state index in [1.54, 1.807) is 4.90 Å². The van der Waals surface area contributed by atoms with Gasteiger partial charge in [0.2, 0.25) is 11.8 Å². The van der Waals surface area contributed by atoms with E-state index >= 15 is 0 Å². The third kappa shape index (κ3) is 3.12. The Balaban J connectivity index is 1.49. The first-order chi connectivity index (χ1) is 12.5. The molecule has 0 radical (unpaired) electrons. The number of piperidine rings is 1. The smallest absolute Gasteiger partial charge is 0.255 e. The molecule has 0 bridgehead atoms. The van der Waals surface area contributed by atoms with Gasteiger partial charge < -0.3 is 15.5 Å². The van der Waals surface area contributed by atoms with Crippen LogP contribution in [0.4, 0.5) is 0 Å². The maximum Gasteiger partial charge on any atom is 0.255 e. The van der Waals surface area contributed by atoms with E-state index in [1.807, 2.05) is 18.2 Å². The van der Waals surface area contributed by atoms with Crippen molar-refractivity contribution in [3.63, 3.8) is 0 Å². The summed E-state index contributed by atoms with van der Waals surface area (Å²) in [4.78, 5) is 37.9. The van der Waals surface area contributed by atoms with E-state index in [1.165, 1.54) is 0 Å². The fourth-order valence-corrected chi connectivity index (χ4v) is 4.16. The molecular weight excluding hydrogens is 332 g/mol. The van der Waals surface area contributed by atoms with Crippen LogP contribution in [-0.2, 0) is 22.7 Å². The second-order valence-corrected chi connectivity index (χ2v) is 7.47. The van der Waals surface area contributed by atoms with Crippen molar-refractivity contribution >= 4 is 17.7 Å². The molecule has 3 aliphatic rings. The van der Waals surface area contributed by atoms with Crippen LogP contribution in [0.1, 0.15) is 47.7 Å². The van der Waals surface area contributed by atoms with Crippen LogP contribution < -0.4 is 16.0 Å². The molecule has 2 saturated heterocycles. The quantitative estimate of drug-likeness (QED) is 0.675. The van der Waals surface area contributed by atoms with E-state index in [-0.39, 0.29) is 24.1 Å². The summed E-state index contributed by atoms with van der Waals surface area (Å²) in [6, 6.07) is 6.17. The van der Waals surface area contributed by atoms with Crippen LogP contribution in [0, 0.1) is 0 Å². The molecule has 3 heterocycles. The van der Waals surface area contributed by atoms with E-state index in [2.05, 4.69) is 22.9 Å². The Morgan fingerprint density at radius 1 is 1.27 bits per heavy atom. The summed E-state index contributed by atoms with van der Waals surface area (Å²) in [5.74, 6) is -0.750. The zero-order valence-electron chi connectivity index (χ0n) is 14.9. The van der Waals surface area contributed by atoms with Gasteiger partial charge in [-0.05, 0) is 37.0 Å². The largest absolute Gasteiger partial charge is 0.322 e. The van der Waals surface area contributed by atoms with Crippen LogP contribution in [0.3, 0.4) is 0 Å². The summed E-state index contributed by atoms with van der Waals surface area (Å²) in [7, 11) is 0. The summed E-state index contributed by atoms with van der Waals surface area (Å²) in [5.41, 5.74) is 2.77. The van der Waals surface area contributed by atoms with Gasteiger partial charge in [-0.25, -0.2) is 0 Å². The molecule has 2 fully saturated rings. The molecule has 3 atom stereocenters.